The molecule has 0 radical (unpaired) electrons. The molecule has 0 bridgehead atoms. The van der Waals surface area contributed by atoms with Crippen molar-refractivity contribution in [2.75, 3.05) is 24.2 Å². The Hall–Kier alpha value is -2.38. The zero-order chi connectivity index (χ0) is 20.6. The van der Waals surface area contributed by atoms with Gasteiger partial charge in [-0.15, -0.1) is 23.1 Å². The van der Waals surface area contributed by atoms with Crippen molar-refractivity contribution in [2.45, 2.75) is 26.0 Å². The van der Waals surface area contributed by atoms with E-state index in [9.17, 15) is 9.59 Å². The second-order valence-corrected chi connectivity index (χ2v) is 8.85. The lowest BCUT2D eigenvalue weighted by Gasteiger charge is -2.21. The van der Waals surface area contributed by atoms with Crippen LogP contribution in [0.3, 0.4) is 0 Å². The average molecular weight is 428 g/mol. The third kappa shape index (κ3) is 6.05. The maximum absolute atomic E-state index is 12.7. The van der Waals surface area contributed by atoms with Gasteiger partial charge in [0, 0.05) is 18.0 Å². The normalized spacial score (nSPS) is 10.8. The Morgan fingerprint density at radius 2 is 1.90 bits per heavy atom. The van der Waals surface area contributed by atoms with Gasteiger partial charge in [-0.25, -0.2) is 4.98 Å². The Labute approximate surface area is 179 Å². The summed E-state index contributed by atoms with van der Waals surface area (Å²) in [5.41, 5.74) is 2.78. The van der Waals surface area contributed by atoms with Crippen LogP contribution < -0.4 is 5.32 Å². The molecule has 152 valence electrons. The van der Waals surface area contributed by atoms with Gasteiger partial charge in [0.05, 0.1) is 22.5 Å². The fourth-order valence-electron chi connectivity index (χ4n) is 2.94. The van der Waals surface area contributed by atoms with Crippen LogP contribution in [0.4, 0.5) is 5.69 Å². The molecular weight excluding hydrogens is 402 g/mol. The van der Waals surface area contributed by atoms with Crippen molar-refractivity contribution in [1.29, 1.82) is 0 Å². The zero-order valence-corrected chi connectivity index (χ0v) is 18.3. The molecule has 2 aromatic carbocycles. The second-order valence-electron chi connectivity index (χ2n) is 6.75. The van der Waals surface area contributed by atoms with Crippen LogP contribution in [-0.2, 0) is 15.3 Å². The van der Waals surface area contributed by atoms with Gasteiger partial charge in [-0.05, 0) is 37.1 Å². The summed E-state index contributed by atoms with van der Waals surface area (Å²) in [6, 6.07) is 15.7. The first-order valence-corrected chi connectivity index (χ1v) is 11.6. The maximum Gasteiger partial charge on any atom is 0.244 e. The number of benzene rings is 2. The summed E-state index contributed by atoms with van der Waals surface area (Å²) < 4.78 is 1.16. The Bertz CT molecular complexity index is 954. The third-order valence-electron chi connectivity index (χ3n) is 4.39. The first kappa shape index (κ1) is 21.3. The van der Waals surface area contributed by atoms with Gasteiger partial charge in [0.25, 0.3) is 0 Å². The van der Waals surface area contributed by atoms with Gasteiger partial charge in [-0.2, -0.15) is 0 Å². The fraction of sp³-hybridized carbons (Fsp3) is 0.318. The molecule has 0 aliphatic carbocycles. The Kier molecular flexibility index (Phi) is 7.66. The van der Waals surface area contributed by atoms with Crippen molar-refractivity contribution < 1.29 is 9.59 Å². The molecule has 0 saturated carbocycles. The number of amides is 2. The smallest absolute Gasteiger partial charge is 0.244 e. The lowest BCUT2D eigenvalue weighted by Crippen LogP contribution is -2.39. The summed E-state index contributed by atoms with van der Waals surface area (Å²) in [6.07, 6.45) is 0.811. The highest BCUT2D eigenvalue weighted by molar-refractivity contribution is 7.99. The second kappa shape index (κ2) is 10.4. The summed E-state index contributed by atoms with van der Waals surface area (Å²) in [6.45, 7) is 4.60. The standard InChI is InChI=1S/C22H25N3O2S2/c1-3-12-25(13-20(26)23-17-9-5-4-8-16(17)2)22(27)15-28-14-21-24-18-10-6-7-11-19(18)29-21/h4-11H,3,12-15H2,1-2H3,(H,23,26). The maximum atomic E-state index is 12.7. The number of nitrogens with one attached hydrogen (secondary N) is 1. The van der Waals surface area contributed by atoms with Crippen LogP contribution in [0, 0.1) is 6.92 Å². The van der Waals surface area contributed by atoms with Crippen LogP contribution in [0.2, 0.25) is 0 Å². The number of carbonyl (C=O) groups is 2. The van der Waals surface area contributed by atoms with Crippen LogP contribution in [0.25, 0.3) is 10.2 Å². The molecule has 0 saturated heterocycles. The average Bonchev–Trinajstić information content (AvgIpc) is 3.12. The Morgan fingerprint density at radius 3 is 2.66 bits per heavy atom. The van der Waals surface area contributed by atoms with Gasteiger partial charge >= 0.3 is 0 Å². The Balaban J connectivity index is 1.51. The van der Waals surface area contributed by atoms with E-state index in [4.69, 9.17) is 0 Å². The van der Waals surface area contributed by atoms with E-state index in [1.54, 1.807) is 28.0 Å². The summed E-state index contributed by atoms with van der Waals surface area (Å²) in [4.78, 5) is 31.3. The molecule has 7 heteroatoms. The van der Waals surface area contributed by atoms with Crippen LogP contribution in [0.1, 0.15) is 23.9 Å². The molecule has 1 N–H and O–H groups in total. The number of thioether (sulfide) groups is 1. The highest BCUT2D eigenvalue weighted by Crippen LogP contribution is 2.24. The van der Waals surface area contributed by atoms with Gasteiger partial charge in [0.2, 0.25) is 11.8 Å². The third-order valence-corrected chi connectivity index (χ3v) is 6.54. The molecule has 0 aliphatic rings. The predicted octanol–water partition coefficient (Wildman–Crippen LogP) is 4.72. The first-order chi connectivity index (χ1) is 14.1. The van der Waals surface area contributed by atoms with E-state index < -0.39 is 0 Å². The van der Waals surface area contributed by atoms with E-state index in [0.29, 0.717) is 18.1 Å². The van der Waals surface area contributed by atoms with Crippen molar-refractivity contribution >= 4 is 50.8 Å². The number of carbonyl (C=O) groups excluding carboxylic acids is 2. The van der Waals surface area contributed by atoms with E-state index >= 15 is 0 Å². The number of anilines is 1. The van der Waals surface area contributed by atoms with Crippen molar-refractivity contribution in [3.8, 4) is 0 Å². The van der Waals surface area contributed by atoms with Crippen molar-refractivity contribution in [2.24, 2.45) is 0 Å². The van der Waals surface area contributed by atoms with Gasteiger partial charge in [0.15, 0.2) is 0 Å². The minimum Gasteiger partial charge on any atom is -0.333 e. The highest BCUT2D eigenvalue weighted by Gasteiger charge is 2.17. The van der Waals surface area contributed by atoms with Gasteiger partial charge in [0.1, 0.15) is 5.01 Å². The number of fused-ring (bicyclic) bond motifs is 1. The van der Waals surface area contributed by atoms with E-state index in [0.717, 1.165) is 32.9 Å². The van der Waals surface area contributed by atoms with Crippen molar-refractivity contribution in [3.63, 3.8) is 0 Å². The van der Waals surface area contributed by atoms with Crippen molar-refractivity contribution in [1.82, 2.24) is 9.88 Å². The van der Waals surface area contributed by atoms with E-state index in [2.05, 4.69) is 16.4 Å². The largest absolute Gasteiger partial charge is 0.333 e. The molecule has 2 amide bonds. The van der Waals surface area contributed by atoms with Gasteiger partial charge in [-0.3, -0.25) is 9.59 Å². The number of hydrogen-bond acceptors (Lipinski definition) is 5. The molecule has 0 fully saturated rings. The predicted molar refractivity (Wildman–Crippen MR) is 122 cm³/mol. The van der Waals surface area contributed by atoms with Gasteiger partial charge < -0.3 is 10.2 Å². The monoisotopic (exact) mass is 427 g/mol. The summed E-state index contributed by atoms with van der Waals surface area (Å²) in [7, 11) is 0. The quantitative estimate of drug-likeness (QED) is 0.537. The van der Waals surface area contributed by atoms with Crippen LogP contribution in [0.5, 0.6) is 0 Å². The minimum absolute atomic E-state index is 0.0158. The summed E-state index contributed by atoms with van der Waals surface area (Å²) in [5.74, 6) is 0.851. The molecular formula is C22H25N3O2S2. The molecule has 3 aromatic rings. The molecule has 0 unspecified atom stereocenters. The molecule has 1 heterocycles. The van der Waals surface area contributed by atoms with Crippen LogP contribution in [0.15, 0.2) is 48.5 Å². The number of nitrogens with zero attached hydrogens (tertiary/aromatic N) is 2. The number of para-hydroxylation sites is 2. The molecule has 3 rings (SSSR count). The molecule has 5 nitrogen and oxygen atoms in total. The molecule has 0 aliphatic heterocycles. The van der Waals surface area contributed by atoms with Gasteiger partial charge in [-0.1, -0.05) is 37.3 Å². The lowest BCUT2D eigenvalue weighted by molar-refractivity contribution is -0.132. The van der Waals surface area contributed by atoms with E-state index in [1.165, 1.54) is 0 Å². The number of aromatic nitrogens is 1. The zero-order valence-electron chi connectivity index (χ0n) is 16.7. The first-order valence-electron chi connectivity index (χ1n) is 9.62. The number of rotatable bonds is 9. The number of aryl methyl sites for hydroxylation is 1. The molecule has 29 heavy (non-hydrogen) atoms. The van der Waals surface area contributed by atoms with Crippen molar-refractivity contribution in [3.05, 3.63) is 59.1 Å². The summed E-state index contributed by atoms with van der Waals surface area (Å²) >= 11 is 3.20. The molecule has 0 atom stereocenters. The van der Waals surface area contributed by atoms with E-state index in [-0.39, 0.29) is 18.4 Å². The van der Waals surface area contributed by atoms with Crippen LogP contribution >= 0.6 is 23.1 Å². The topological polar surface area (TPSA) is 62.3 Å². The summed E-state index contributed by atoms with van der Waals surface area (Å²) in [5, 5.41) is 3.92. The minimum atomic E-state index is -0.169. The molecule has 0 spiro atoms. The fourth-order valence-corrected chi connectivity index (χ4v) is 4.88. The molecule has 1 aromatic heterocycles. The Morgan fingerprint density at radius 1 is 1.14 bits per heavy atom. The highest BCUT2D eigenvalue weighted by atomic mass is 32.2. The number of thiazole rings is 1. The number of hydrogen-bond donors (Lipinski definition) is 1. The van der Waals surface area contributed by atoms with E-state index in [1.807, 2.05) is 56.3 Å². The SMILES string of the molecule is CCCN(CC(=O)Nc1ccccc1C)C(=O)CSCc1nc2ccccc2s1. The van der Waals surface area contributed by atoms with Crippen LogP contribution in [-0.4, -0.2) is 40.5 Å². The lowest BCUT2D eigenvalue weighted by atomic mass is 10.2.